The number of likely N-dealkylation sites (N-methyl/N-ethyl adjacent to an activating group) is 1. The number of ketones is 2. The van der Waals surface area contributed by atoms with Crippen LogP contribution in [0.3, 0.4) is 0 Å². The van der Waals surface area contributed by atoms with Crippen LogP contribution in [0.2, 0.25) is 0 Å². The number of aliphatic carboxylic acids is 1. The van der Waals surface area contributed by atoms with E-state index in [1.54, 1.807) is 21.0 Å². The van der Waals surface area contributed by atoms with Crippen molar-refractivity contribution in [2.75, 3.05) is 27.2 Å². The molecule has 1 unspecified atom stereocenters. The second kappa shape index (κ2) is 8.73. The van der Waals surface area contributed by atoms with Crippen molar-refractivity contribution in [3.8, 4) is 0 Å². The number of carbonyl (C=O) groups is 4. The zero-order valence-corrected chi connectivity index (χ0v) is 13.8. The number of nitrogens with one attached hydrogen (secondary N) is 2. The van der Waals surface area contributed by atoms with E-state index in [4.69, 9.17) is 5.11 Å². The number of rotatable bonds is 10. The van der Waals surface area contributed by atoms with Gasteiger partial charge in [0.2, 0.25) is 5.91 Å². The molecule has 1 rings (SSSR count). The first-order chi connectivity index (χ1) is 10.8. The van der Waals surface area contributed by atoms with Crippen molar-refractivity contribution in [2.24, 2.45) is 5.92 Å². The van der Waals surface area contributed by atoms with Crippen LogP contribution in [0, 0.1) is 5.92 Å². The van der Waals surface area contributed by atoms with Crippen LogP contribution in [0.5, 0.6) is 0 Å². The summed E-state index contributed by atoms with van der Waals surface area (Å²) in [5.74, 6) is -2.47. The van der Waals surface area contributed by atoms with E-state index >= 15 is 0 Å². The molecule has 0 aromatic rings. The highest BCUT2D eigenvalue weighted by Gasteiger charge is 2.38. The van der Waals surface area contributed by atoms with Gasteiger partial charge in [-0.1, -0.05) is 0 Å². The van der Waals surface area contributed by atoms with Crippen LogP contribution >= 0.6 is 0 Å². The molecule has 0 aromatic heterocycles. The Bertz CT molecular complexity index is 480. The lowest BCUT2D eigenvalue weighted by atomic mass is 9.93. The maximum absolute atomic E-state index is 12.5. The number of carboxylic acids is 1. The van der Waals surface area contributed by atoms with Gasteiger partial charge in [0.15, 0.2) is 11.6 Å². The first kappa shape index (κ1) is 19.2. The van der Waals surface area contributed by atoms with Crippen molar-refractivity contribution in [2.45, 2.75) is 38.3 Å². The van der Waals surface area contributed by atoms with Gasteiger partial charge in [0.05, 0.1) is 24.5 Å². The Morgan fingerprint density at radius 1 is 1.39 bits per heavy atom. The highest BCUT2D eigenvalue weighted by Crippen LogP contribution is 2.20. The van der Waals surface area contributed by atoms with E-state index in [1.165, 1.54) is 4.90 Å². The average Bonchev–Trinajstić information content (AvgIpc) is 2.85. The van der Waals surface area contributed by atoms with Gasteiger partial charge in [-0.25, -0.2) is 0 Å². The van der Waals surface area contributed by atoms with Gasteiger partial charge >= 0.3 is 5.97 Å². The van der Waals surface area contributed by atoms with Gasteiger partial charge in [-0.05, 0) is 26.8 Å². The molecule has 3 atom stereocenters. The molecule has 1 aliphatic heterocycles. The van der Waals surface area contributed by atoms with Crippen molar-refractivity contribution in [3.63, 3.8) is 0 Å². The second-order valence-corrected chi connectivity index (χ2v) is 5.85. The maximum atomic E-state index is 12.5. The van der Waals surface area contributed by atoms with Crippen molar-refractivity contribution in [3.05, 3.63) is 0 Å². The highest BCUT2D eigenvalue weighted by atomic mass is 16.4. The fraction of sp³-hybridized carbons (Fsp3) is 0.733. The van der Waals surface area contributed by atoms with Crippen molar-refractivity contribution < 1.29 is 24.3 Å². The maximum Gasteiger partial charge on any atom is 0.303 e. The standard InChI is InChI=1S/C15H25N3O5/c1-9(16-2)12(19)8-17-11(4-5-13(20)21)14(22)10-6-7-18(3)15(10)23/h9-11,16-17H,4-8H2,1-3H3,(H,20,21)/t9-,10?,11-/m0/s1. The van der Waals surface area contributed by atoms with E-state index in [2.05, 4.69) is 10.6 Å². The van der Waals surface area contributed by atoms with Crippen LogP contribution in [0.4, 0.5) is 0 Å². The third kappa shape index (κ3) is 5.40. The lowest BCUT2D eigenvalue weighted by molar-refractivity contribution is -0.137. The fourth-order valence-corrected chi connectivity index (χ4v) is 2.48. The molecule has 23 heavy (non-hydrogen) atoms. The smallest absolute Gasteiger partial charge is 0.303 e. The Morgan fingerprint density at radius 3 is 2.52 bits per heavy atom. The molecule has 130 valence electrons. The van der Waals surface area contributed by atoms with E-state index in [9.17, 15) is 19.2 Å². The van der Waals surface area contributed by atoms with Crippen LogP contribution in [0.25, 0.3) is 0 Å². The summed E-state index contributed by atoms with van der Waals surface area (Å²) >= 11 is 0. The Kier molecular flexibility index (Phi) is 7.31. The molecule has 1 saturated heterocycles. The molecular weight excluding hydrogens is 302 g/mol. The average molecular weight is 327 g/mol. The molecule has 3 N–H and O–H groups in total. The lowest BCUT2D eigenvalue weighted by Gasteiger charge is -2.20. The van der Waals surface area contributed by atoms with E-state index in [-0.39, 0.29) is 42.9 Å². The number of nitrogens with zero attached hydrogens (tertiary/aromatic N) is 1. The Labute approximate surface area is 135 Å². The second-order valence-electron chi connectivity index (χ2n) is 5.85. The van der Waals surface area contributed by atoms with Crippen molar-refractivity contribution >= 4 is 23.4 Å². The lowest BCUT2D eigenvalue weighted by Crippen LogP contribution is -2.47. The summed E-state index contributed by atoms with van der Waals surface area (Å²) in [4.78, 5) is 48.6. The van der Waals surface area contributed by atoms with E-state index in [0.717, 1.165) is 0 Å². The number of carbonyl (C=O) groups excluding carboxylic acids is 3. The summed E-state index contributed by atoms with van der Waals surface area (Å²) < 4.78 is 0. The number of hydrogen-bond acceptors (Lipinski definition) is 6. The summed E-state index contributed by atoms with van der Waals surface area (Å²) in [5, 5.41) is 14.5. The van der Waals surface area contributed by atoms with Crippen molar-refractivity contribution in [1.82, 2.24) is 15.5 Å². The number of hydrogen-bond donors (Lipinski definition) is 3. The molecule has 0 saturated carbocycles. The molecule has 0 radical (unpaired) electrons. The van der Waals surface area contributed by atoms with E-state index in [0.29, 0.717) is 13.0 Å². The van der Waals surface area contributed by atoms with Gasteiger partial charge in [-0.15, -0.1) is 0 Å². The SMILES string of the molecule is CN[C@@H](C)C(=O)CN[C@@H](CCC(=O)O)C(=O)C1CCN(C)C1=O. The van der Waals surface area contributed by atoms with Gasteiger partial charge in [-0.3, -0.25) is 19.2 Å². The minimum Gasteiger partial charge on any atom is -0.481 e. The van der Waals surface area contributed by atoms with Gasteiger partial charge < -0.3 is 20.6 Å². The molecule has 1 fully saturated rings. The van der Waals surface area contributed by atoms with Crippen LogP contribution in [-0.2, 0) is 19.2 Å². The number of likely N-dealkylation sites (tertiary alicyclic amines) is 1. The first-order valence-electron chi connectivity index (χ1n) is 7.71. The zero-order chi connectivity index (χ0) is 17.6. The third-order valence-electron chi connectivity index (χ3n) is 4.20. The molecule has 8 heteroatoms. The van der Waals surface area contributed by atoms with Crippen LogP contribution in [-0.4, -0.2) is 72.7 Å². The highest BCUT2D eigenvalue weighted by molar-refractivity contribution is 6.05. The zero-order valence-electron chi connectivity index (χ0n) is 13.8. The van der Waals surface area contributed by atoms with Crippen molar-refractivity contribution in [1.29, 1.82) is 0 Å². The molecule has 8 nitrogen and oxygen atoms in total. The Hall–Kier alpha value is -1.80. The quantitative estimate of drug-likeness (QED) is 0.442. The summed E-state index contributed by atoms with van der Waals surface area (Å²) in [5.41, 5.74) is 0. The molecule has 1 heterocycles. The number of Topliss-reactive ketones (excluding diaryl/α,β-unsaturated/α-hetero) is 2. The van der Waals surface area contributed by atoms with E-state index < -0.39 is 17.9 Å². The largest absolute Gasteiger partial charge is 0.481 e. The Morgan fingerprint density at radius 2 is 2.04 bits per heavy atom. The van der Waals surface area contributed by atoms with E-state index in [1.807, 2.05) is 0 Å². The van der Waals surface area contributed by atoms with Gasteiger partial charge in [-0.2, -0.15) is 0 Å². The summed E-state index contributed by atoms with van der Waals surface area (Å²) in [6, 6.07) is -1.17. The first-order valence-corrected chi connectivity index (χ1v) is 7.71. The number of carboxylic acid groups (broad SMARTS) is 1. The summed E-state index contributed by atoms with van der Waals surface area (Å²) in [6.45, 7) is 2.17. The molecule has 0 aromatic carbocycles. The molecule has 1 aliphatic rings. The minimum atomic E-state index is -1.02. The normalized spacial score (nSPS) is 20.4. The predicted molar refractivity (Wildman–Crippen MR) is 82.9 cm³/mol. The minimum absolute atomic E-state index is 0.0468. The third-order valence-corrected chi connectivity index (χ3v) is 4.20. The predicted octanol–water partition coefficient (Wildman–Crippen LogP) is -0.966. The topological polar surface area (TPSA) is 116 Å². The monoisotopic (exact) mass is 327 g/mol. The van der Waals surface area contributed by atoms with Gasteiger partial charge in [0, 0.05) is 20.0 Å². The molecule has 0 aliphatic carbocycles. The molecular formula is C15H25N3O5. The molecule has 1 amide bonds. The van der Waals surface area contributed by atoms with Crippen LogP contribution in [0.15, 0.2) is 0 Å². The fourth-order valence-electron chi connectivity index (χ4n) is 2.48. The summed E-state index contributed by atoms with van der Waals surface area (Å²) in [7, 11) is 3.29. The molecule has 0 spiro atoms. The van der Waals surface area contributed by atoms with Crippen LogP contribution < -0.4 is 10.6 Å². The molecule has 0 bridgehead atoms. The summed E-state index contributed by atoms with van der Waals surface area (Å²) in [6.07, 6.45) is 0.291. The Balaban J connectivity index is 2.71. The van der Waals surface area contributed by atoms with Gasteiger partial charge in [0.1, 0.15) is 0 Å². The van der Waals surface area contributed by atoms with Crippen LogP contribution in [0.1, 0.15) is 26.2 Å². The van der Waals surface area contributed by atoms with Gasteiger partial charge in [0.25, 0.3) is 0 Å². The number of amides is 1.